The Morgan fingerprint density at radius 2 is 2.43 bits per heavy atom. The highest BCUT2D eigenvalue weighted by molar-refractivity contribution is 5.48. The molecule has 74 valence electrons. The summed E-state index contributed by atoms with van der Waals surface area (Å²) in [6, 6.07) is 0.1000. The maximum Gasteiger partial charge on any atom is 0.138 e. The minimum atomic E-state index is 0.1000. The predicted molar refractivity (Wildman–Crippen MR) is 48.1 cm³/mol. The molecule has 6 heteroatoms. The van der Waals surface area contributed by atoms with Gasteiger partial charge >= 0.3 is 0 Å². The van der Waals surface area contributed by atoms with Crippen LogP contribution in [-0.4, -0.2) is 55.7 Å². The van der Waals surface area contributed by atoms with Crippen molar-refractivity contribution in [3.8, 4) is 0 Å². The van der Waals surface area contributed by atoms with Crippen LogP contribution in [0, 0.1) is 0 Å². The molecule has 2 aliphatic heterocycles. The summed E-state index contributed by atoms with van der Waals surface area (Å²) in [5.41, 5.74) is 1.08. The van der Waals surface area contributed by atoms with Gasteiger partial charge in [0, 0.05) is 13.1 Å². The number of nitrogens with zero attached hydrogens (tertiary/aromatic N) is 5. The third-order valence-electron chi connectivity index (χ3n) is 2.66. The second kappa shape index (κ2) is 2.88. The van der Waals surface area contributed by atoms with Crippen LogP contribution in [0.15, 0.2) is 18.7 Å². The van der Waals surface area contributed by atoms with Gasteiger partial charge in [-0.1, -0.05) is 0 Å². The molecule has 0 aromatic carbocycles. The minimum Gasteiger partial charge on any atom is -0.312 e. The van der Waals surface area contributed by atoms with E-state index in [9.17, 15) is 5.21 Å². The Hall–Kier alpha value is -1.24. The molecule has 0 aliphatic carbocycles. The Bertz CT molecular complexity index is 360. The van der Waals surface area contributed by atoms with E-state index in [2.05, 4.69) is 15.0 Å². The zero-order valence-corrected chi connectivity index (χ0v) is 7.61. The van der Waals surface area contributed by atoms with Crippen LogP contribution in [0.4, 0.5) is 0 Å². The summed E-state index contributed by atoms with van der Waals surface area (Å²) in [4.78, 5) is 6.07. The molecule has 1 aromatic rings. The third-order valence-corrected chi connectivity index (χ3v) is 2.66. The molecule has 2 bridgehead atoms. The first kappa shape index (κ1) is 8.10. The summed E-state index contributed by atoms with van der Waals surface area (Å²) in [5, 5.41) is 14.9. The molecule has 0 spiro atoms. The predicted octanol–water partition coefficient (Wildman–Crippen LogP) is -0.535. The lowest BCUT2D eigenvalue weighted by molar-refractivity contribution is -0.0961. The molecular formula is C8H11N5O. The number of hydrogen-bond acceptors (Lipinski definition) is 5. The Kier molecular flexibility index (Phi) is 1.66. The number of rotatable bonds is 1. The summed E-state index contributed by atoms with van der Waals surface area (Å²) in [5.74, 6) is 0. The van der Waals surface area contributed by atoms with Gasteiger partial charge in [-0.05, 0) is 6.08 Å². The number of aromatic nitrogens is 3. The molecule has 3 heterocycles. The summed E-state index contributed by atoms with van der Waals surface area (Å²) in [6.07, 6.45) is 5.24. The molecule has 14 heavy (non-hydrogen) atoms. The molecule has 2 atom stereocenters. The van der Waals surface area contributed by atoms with Crippen molar-refractivity contribution >= 4 is 5.70 Å². The topological polar surface area (TPSA) is 57.4 Å². The summed E-state index contributed by atoms with van der Waals surface area (Å²) >= 11 is 0. The van der Waals surface area contributed by atoms with Gasteiger partial charge in [-0.3, -0.25) is 4.90 Å². The zero-order valence-electron chi connectivity index (χ0n) is 7.61. The first-order valence-electron chi connectivity index (χ1n) is 4.56. The van der Waals surface area contributed by atoms with E-state index in [0.717, 1.165) is 18.8 Å². The van der Waals surface area contributed by atoms with E-state index in [4.69, 9.17) is 0 Å². The van der Waals surface area contributed by atoms with E-state index in [-0.39, 0.29) is 6.04 Å². The Morgan fingerprint density at radius 3 is 3.14 bits per heavy atom. The van der Waals surface area contributed by atoms with Crippen LogP contribution in [0.5, 0.6) is 0 Å². The minimum absolute atomic E-state index is 0.1000. The van der Waals surface area contributed by atoms with Crippen molar-refractivity contribution in [1.82, 2.24) is 24.7 Å². The van der Waals surface area contributed by atoms with Gasteiger partial charge in [-0.15, -0.1) is 0 Å². The largest absolute Gasteiger partial charge is 0.312 e. The van der Waals surface area contributed by atoms with E-state index in [0.29, 0.717) is 6.67 Å². The van der Waals surface area contributed by atoms with E-state index in [1.165, 1.54) is 11.4 Å². The lowest BCUT2D eigenvalue weighted by Crippen LogP contribution is -2.30. The maximum atomic E-state index is 9.52. The maximum absolute atomic E-state index is 9.52. The second-order valence-electron chi connectivity index (χ2n) is 3.66. The van der Waals surface area contributed by atoms with Crippen LogP contribution in [-0.2, 0) is 0 Å². The highest BCUT2D eigenvalue weighted by atomic mass is 16.5. The van der Waals surface area contributed by atoms with Crippen LogP contribution in [0.2, 0.25) is 0 Å². The molecule has 2 unspecified atom stereocenters. The SMILES string of the molecule is ON1CN2CC(n3cncn3)=CC1C2. The molecule has 1 saturated heterocycles. The van der Waals surface area contributed by atoms with Crippen LogP contribution in [0.3, 0.4) is 0 Å². The quantitative estimate of drug-likeness (QED) is 0.649. The van der Waals surface area contributed by atoms with E-state index in [1.54, 1.807) is 11.0 Å². The van der Waals surface area contributed by atoms with Gasteiger partial charge in [-0.25, -0.2) is 9.67 Å². The molecule has 6 nitrogen and oxygen atoms in total. The van der Waals surface area contributed by atoms with Crippen molar-refractivity contribution in [2.45, 2.75) is 6.04 Å². The Labute approximate surface area is 81.0 Å². The van der Waals surface area contributed by atoms with Crippen molar-refractivity contribution in [2.24, 2.45) is 0 Å². The molecule has 0 saturated carbocycles. The van der Waals surface area contributed by atoms with E-state index < -0.39 is 0 Å². The number of fused-ring (bicyclic) bond motifs is 2. The smallest absolute Gasteiger partial charge is 0.138 e. The average molecular weight is 193 g/mol. The standard InChI is InChI=1S/C8H11N5O/c14-13-6-11-2-7(1-8(13)3-11)12-5-9-4-10-12/h1,4-5,8,14H,2-3,6H2. The number of hydroxylamine groups is 2. The van der Waals surface area contributed by atoms with Crippen molar-refractivity contribution in [3.05, 3.63) is 18.7 Å². The Balaban J connectivity index is 1.93. The van der Waals surface area contributed by atoms with Crippen molar-refractivity contribution in [3.63, 3.8) is 0 Å². The zero-order chi connectivity index (χ0) is 9.54. The van der Waals surface area contributed by atoms with Crippen LogP contribution in [0.25, 0.3) is 5.70 Å². The Morgan fingerprint density at radius 1 is 1.50 bits per heavy atom. The van der Waals surface area contributed by atoms with Crippen LogP contribution >= 0.6 is 0 Å². The molecule has 3 rings (SSSR count). The van der Waals surface area contributed by atoms with Crippen LogP contribution in [0.1, 0.15) is 0 Å². The van der Waals surface area contributed by atoms with Gasteiger partial charge < -0.3 is 5.21 Å². The first-order valence-corrected chi connectivity index (χ1v) is 4.56. The summed E-state index contributed by atoms with van der Waals surface area (Å²) in [6.45, 7) is 2.32. The van der Waals surface area contributed by atoms with Gasteiger partial charge in [-0.2, -0.15) is 10.2 Å². The fourth-order valence-corrected chi connectivity index (χ4v) is 1.99. The van der Waals surface area contributed by atoms with Crippen molar-refractivity contribution in [1.29, 1.82) is 0 Å². The second-order valence-corrected chi connectivity index (χ2v) is 3.66. The highest BCUT2D eigenvalue weighted by Gasteiger charge is 2.32. The van der Waals surface area contributed by atoms with Gasteiger partial charge in [0.05, 0.1) is 18.4 Å². The molecule has 1 N–H and O–H groups in total. The molecular weight excluding hydrogens is 182 g/mol. The van der Waals surface area contributed by atoms with Gasteiger partial charge in [0.15, 0.2) is 0 Å². The lowest BCUT2D eigenvalue weighted by Gasteiger charge is -2.20. The van der Waals surface area contributed by atoms with Gasteiger partial charge in [0.2, 0.25) is 0 Å². The van der Waals surface area contributed by atoms with Crippen molar-refractivity contribution in [2.75, 3.05) is 19.8 Å². The molecule has 1 fully saturated rings. The monoisotopic (exact) mass is 193 g/mol. The van der Waals surface area contributed by atoms with Gasteiger partial charge in [0.1, 0.15) is 12.7 Å². The van der Waals surface area contributed by atoms with Crippen LogP contribution < -0.4 is 0 Å². The van der Waals surface area contributed by atoms with Gasteiger partial charge in [0.25, 0.3) is 0 Å². The highest BCUT2D eigenvalue weighted by Crippen LogP contribution is 2.22. The van der Waals surface area contributed by atoms with E-state index >= 15 is 0 Å². The summed E-state index contributed by atoms with van der Waals surface area (Å²) < 4.78 is 1.75. The third kappa shape index (κ3) is 1.16. The summed E-state index contributed by atoms with van der Waals surface area (Å²) in [7, 11) is 0. The first-order chi connectivity index (χ1) is 6.83. The molecule has 0 amide bonds. The lowest BCUT2D eigenvalue weighted by atomic mass is 10.2. The fraction of sp³-hybridized carbons (Fsp3) is 0.500. The average Bonchev–Trinajstić information content (AvgIpc) is 2.76. The van der Waals surface area contributed by atoms with E-state index in [1.807, 2.05) is 6.08 Å². The number of hydrogen-bond donors (Lipinski definition) is 1. The van der Waals surface area contributed by atoms with Crippen molar-refractivity contribution < 1.29 is 5.21 Å². The molecule has 2 aliphatic rings. The molecule has 1 aromatic heterocycles. The normalized spacial score (nSPS) is 31.9. The fourth-order valence-electron chi connectivity index (χ4n) is 1.99. The molecule has 0 radical (unpaired) electrons.